The van der Waals surface area contributed by atoms with Crippen molar-refractivity contribution < 1.29 is 4.42 Å². The van der Waals surface area contributed by atoms with Crippen molar-refractivity contribution in [2.75, 3.05) is 0 Å². The lowest BCUT2D eigenvalue weighted by Gasteiger charge is -2.24. The lowest BCUT2D eigenvalue weighted by Crippen LogP contribution is -2.33. The molecule has 0 spiro atoms. The Balaban J connectivity index is 1.23. The minimum Gasteiger partial charge on any atom is -0.456 e. The molecule has 220 valence electrons. The lowest BCUT2D eigenvalue weighted by molar-refractivity contribution is 0.668. The van der Waals surface area contributed by atoms with E-state index >= 15 is 0 Å². The van der Waals surface area contributed by atoms with Crippen molar-refractivity contribution in [2.24, 2.45) is 9.98 Å². The fourth-order valence-corrected chi connectivity index (χ4v) is 7.37. The summed E-state index contributed by atoms with van der Waals surface area (Å²) in [6.07, 6.45) is -0.300. The minimum atomic E-state index is -0.300. The second-order valence-electron chi connectivity index (χ2n) is 12.2. The van der Waals surface area contributed by atoms with Crippen molar-refractivity contribution in [2.45, 2.75) is 6.17 Å². The average Bonchev–Trinajstić information content (AvgIpc) is 3.69. The largest absolute Gasteiger partial charge is 0.456 e. The fourth-order valence-electron chi connectivity index (χ4n) is 7.37. The monoisotopic (exact) mass is 601 g/mol. The minimum absolute atomic E-state index is 0.300. The zero-order valence-electron chi connectivity index (χ0n) is 25.3. The molecule has 1 atom stereocenters. The summed E-state index contributed by atoms with van der Waals surface area (Å²) in [6.45, 7) is 0. The predicted octanol–water partition coefficient (Wildman–Crippen LogP) is 10.5. The Labute approximate surface area is 271 Å². The first-order valence-electron chi connectivity index (χ1n) is 16.0. The summed E-state index contributed by atoms with van der Waals surface area (Å²) in [5.74, 6) is 1.46. The van der Waals surface area contributed by atoms with Crippen LogP contribution >= 0.6 is 0 Å². The van der Waals surface area contributed by atoms with Gasteiger partial charge in [0.25, 0.3) is 0 Å². The molecule has 0 fully saturated rings. The summed E-state index contributed by atoms with van der Waals surface area (Å²) >= 11 is 0. The molecule has 1 N–H and O–H groups in total. The Hall–Kier alpha value is -6.26. The summed E-state index contributed by atoms with van der Waals surface area (Å²) in [6, 6.07) is 53.2. The van der Waals surface area contributed by atoms with Gasteiger partial charge in [-0.3, -0.25) is 0 Å². The van der Waals surface area contributed by atoms with Crippen LogP contribution in [0.2, 0.25) is 0 Å². The molecule has 1 aliphatic heterocycles. The number of para-hydroxylation sites is 1. The van der Waals surface area contributed by atoms with Gasteiger partial charge in [0.05, 0.1) is 0 Å². The normalized spacial score (nSPS) is 15.0. The third-order valence-corrected chi connectivity index (χ3v) is 9.48. The number of nitrogens with one attached hydrogen (secondary N) is 1. The molecular formula is C43H27N3O. The van der Waals surface area contributed by atoms with Crippen LogP contribution < -0.4 is 5.32 Å². The summed E-state index contributed by atoms with van der Waals surface area (Å²) in [7, 11) is 0. The summed E-state index contributed by atoms with van der Waals surface area (Å²) in [4.78, 5) is 10.3. The Kier molecular flexibility index (Phi) is 5.60. The predicted molar refractivity (Wildman–Crippen MR) is 193 cm³/mol. The van der Waals surface area contributed by atoms with E-state index in [4.69, 9.17) is 14.4 Å². The lowest BCUT2D eigenvalue weighted by atomic mass is 9.92. The molecule has 1 unspecified atom stereocenters. The zero-order chi connectivity index (χ0) is 30.9. The van der Waals surface area contributed by atoms with Gasteiger partial charge in [-0.15, -0.1) is 0 Å². The zero-order valence-corrected chi connectivity index (χ0v) is 25.3. The Bertz CT molecular complexity index is 2570. The fraction of sp³-hybridized carbons (Fsp3) is 0.0233. The van der Waals surface area contributed by atoms with E-state index in [-0.39, 0.29) is 6.17 Å². The first-order chi connectivity index (χ1) is 23.3. The molecule has 7 aromatic carbocycles. The second-order valence-corrected chi connectivity index (χ2v) is 12.2. The van der Waals surface area contributed by atoms with Crippen molar-refractivity contribution in [3.05, 3.63) is 168 Å². The van der Waals surface area contributed by atoms with Crippen LogP contribution in [0, 0.1) is 0 Å². The van der Waals surface area contributed by atoms with E-state index in [0.717, 1.165) is 55.6 Å². The first kappa shape index (κ1) is 26.0. The molecule has 10 rings (SSSR count). The molecule has 2 heterocycles. The van der Waals surface area contributed by atoms with Crippen molar-refractivity contribution in [3.63, 3.8) is 0 Å². The molecule has 0 bridgehead atoms. The molecule has 47 heavy (non-hydrogen) atoms. The highest BCUT2D eigenvalue weighted by Gasteiger charge is 2.26. The van der Waals surface area contributed by atoms with E-state index in [2.05, 4.69) is 121 Å². The molecule has 4 nitrogen and oxygen atoms in total. The maximum absolute atomic E-state index is 6.58. The van der Waals surface area contributed by atoms with Crippen LogP contribution in [0.5, 0.6) is 0 Å². The standard InChI is InChI=1S/C43H27N3O/c1-3-12-26(13-4-1)41-44-42(27-14-5-2-6-15-27)46-43(45-41)36-24-28(25-38-40(36)35-18-9-10-21-37(35)47-38)29-22-23-34-31-17-8-7-16-30(31)33-20-11-19-32(29)39(33)34/h1-25,41H,(H,44,45,46). The SMILES string of the molecule is c1ccc(C2=NC(c3ccccc3)NC(c3cc(-c4ccc5c6c(cccc46)-c4ccccc4-5)cc4oc5ccccc5c34)=N2)cc1. The Morgan fingerprint density at radius 3 is 1.96 bits per heavy atom. The van der Waals surface area contributed by atoms with Crippen LogP contribution in [-0.4, -0.2) is 11.7 Å². The van der Waals surface area contributed by atoms with Gasteiger partial charge in [0.15, 0.2) is 5.84 Å². The van der Waals surface area contributed by atoms with Gasteiger partial charge in [0.1, 0.15) is 23.2 Å². The summed E-state index contributed by atoms with van der Waals surface area (Å²) < 4.78 is 6.58. The van der Waals surface area contributed by atoms with Gasteiger partial charge in [0.2, 0.25) is 0 Å². The van der Waals surface area contributed by atoms with E-state index in [1.807, 2.05) is 36.4 Å². The number of hydrogen-bond acceptors (Lipinski definition) is 4. The van der Waals surface area contributed by atoms with Crippen LogP contribution in [0.1, 0.15) is 22.9 Å². The Morgan fingerprint density at radius 1 is 0.468 bits per heavy atom. The average molecular weight is 602 g/mol. The van der Waals surface area contributed by atoms with Crippen LogP contribution in [0.4, 0.5) is 0 Å². The smallest absolute Gasteiger partial charge is 0.159 e. The van der Waals surface area contributed by atoms with Crippen molar-refractivity contribution in [1.29, 1.82) is 0 Å². The highest BCUT2D eigenvalue weighted by atomic mass is 16.3. The van der Waals surface area contributed by atoms with E-state index in [9.17, 15) is 0 Å². The highest BCUT2D eigenvalue weighted by molar-refractivity contribution is 6.24. The highest BCUT2D eigenvalue weighted by Crippen LogP contribution is 2.49. The number of rotatable bonds is 4. The van der Waals surface area contributed by atoms with Crippen molar-refractivity contribution in [1.82, 2.24) is 5.32 Å². The van der Waals surface area contributed by atoms with Crippen LogP contribution in [-0.2, 0) is 0 Å². The Morgan fingerprint density at radius 2 is 1.13 bits per heavy atom. The second kappa shape index (κ2) is 10.1. The van der Waals surface area contributed by atoms with Crippen LogP contribution in [0.3, 0.4) is 0 Å². The molecule has 1 aliphatic carbocycles. The topological polar surface area (TPSA) is 49.9 Å². The molecule has 0 radical (unpaired) electrons. The first-order valence-corrected chi connectivity index (χ1v) is 16.0. The molecule has 8 aromatic rings. The van der Waals surface area contributed by atoms with Gasteiger partial charge in [0, 0.05) is 21.9 Å². The van der Waals surface area contributed by atoms with Crippen molar-refractivity contribution in [3.8, 4) is 33.4 Å². The molecule has 1 aromatic heterocycles. The number of furan rings is 1. The quantitative estimate of drug-likeness (QED) is 0.218. The maximum Gasteiger partial charge on any atom is 0.159 e. The van der Waals surface area contributed by atoms with E-state index in [0.29, 0.717) is 5.84 Å². The summed E-state index contributed by atoms with van der Waals surface area (Å²) in [5.41, 5.74) is 12.1. The molecule has 0 saturated heterocycles. The van der Waals surface area contributed by atoms with Crippen LogP contribution in [0.15, 0.2) is 166 Å². The van der Waals surface area contributed by atoms with E-state index in [1.165, 1.54) is 33.0 Å². The number of hydrogen-bond donors (Lipinski definition) is 1. The van der Waals surface area contributed by atoms with Gasteiger partial charge in [-0.2, -0.15) is 0 Å². The van der Waals surface area contributed by atoms with Gasteiger partial charge >= 0.3 is 0 Å². The molecule has 0 amide bonds. The summed E-state index contributed by atoms with van der Waals surface area (Å²) in [5, 5.41) is 8.33. The number of amidine groups is 2. The van der Waals surface area contributed by atoms with Gasteiger partial charge < -0.3 is 9.73 Å². The molecular weight excluding hydrogens is 574 g/mol. The van der Waals surface area contributed by atoms with Gasteiger partial charge in [-0.1, -0.05) is 133 Å². The van der Waals surface area contributed by atoms with E-state index < -0.39 is 0 Å². The van der Waals surface area contributed by atoms with Crippen LogP contribution in [0.25, 0.3) is 66.1 Å². The number of benzene rings is 7. The van der Waals surface area contributed by atoms with Gasteiger partial charge in [-0.25, -0.2) is 9.98 Å². The number of aliphatic imine (C=N–C) groups is 2. The molecule has 0 saturated carbocycles. The molecule has 4 heteroatoms. The third kappa shape index (κ3) is 4.01. The van der Waals surface area contributed by atoms with Crippen molar-refractivity contribution >= 4 is 44.4 Å². The van der Waals surface area contributed by atoms with E-state index in [1.54, 1.807) is 0 Å². The maximum atomic E-state index is 6.58. The molecule has 2 aliphatic rings. The third-order valence-electron chi connectivity index (χ3n) is 9.48. The number of fused-ring (bicyclic) bond motifs is 6. The number of nitrogens with zero attached hydrogens (tertiary/aromatic N) is 2. The van der Waals surface area contributed by atoms with Gasteiger partial charge in [-0.05, 0) is 67.9 Å².